The van der Waals surface area contributed by atoms with Crippen molar-refractivity contribution in [1.82, 2.24) is 4.90 Å². The molecule has 144 valence electrons. The lowest BCUT2D eigenvalue weighted by atomic mass is 10.2. The fourth-order valence-corrected chi connectivity index (χ4v) is 2.98. The van der Waals surface area contributed by atoms with E-state index in [1.165, 1.54) is 17.7 Å². The Morgan fingerprint density at radius 2 is 1.96 bits per heavy atom. The van der Waals surface area contributed by atoms with Gasteiger partial charge in [0.1, 0.15) is 11.6 Å². The molecule has 2 aromatic carbocycles. The first-order valence-corrected chi connectivity index (χ1v) is 9.20. The quantitative estimate of drug-likeness (QED) is 0.814. The number of ether oxygens (including phenoxy) is 2. The summed E-state index contributed by atoms with van der Waals surface area (Å²) in [6.07, 6.45) is -0.777. The van der Waals surface area contributed by atoms with Gasteiger partial charge in [0.2, 0.25) is 0 Å². The van der Waals surface area contributed by atoms with Crippen molar-refractivity contribution in [3.63, 3.8) is 0 Å². The van der Waals surface area contributed by atoms with Crippen molar-refractivity contribution < 1.29 is 18.7 Å². The molecule has 7 heteroatoms. The summed E-state index contributed by atoms with van der Waals surface area (Å²) in [4.78, 5) is 14.7. The second-order valence-corrected chi connectivity index (χ2v) is 6.82. The number of carbonyl (C=O) groups excluding carboxylic acids is 1. The zero-order chi connectivity index (χ0) is 19.2. The molecule has 1 unspecified atom stereocenters. The number of nitrogens with zero attached hydrogens (tertiary/aromatic N) is 1. The number of halogens is 2. The van der Waals surface area contributed by atoms with Gasteiger partial charge in [-0.25, -0.2) is 4.39 Å². The largest absolute Gasteiger partial charge is 0.479 e. The molecular weight excluding hydrogens is 371 g/mol. The Kier molecular flexibility index (Phi) is 6.66. The normalized spacial score (nSPS) is 16.0. The van der Waals surface area contributed by atoms with E-state index in [1.807, 2.05) is 24.3 Å². The Morgan fingerprint density at radius 3 is 2.63 bits per heavy atom. The fourth-order valence-electron chi connectivity index (χ4n) is 2.77. The molecule has 1 saturated heterocycles. The van der Waals surface area contributed by atoms with Gasteiger partial charge >= 0.3 is 0 Å². The number of rotatable bonds is 6. The van der Waals surface area contributed by atoms with Gasteiger partial charge in [-0.1, -0.05) is 23.7 Å². The van der Waals surface area contributed by atoms with E-state index in [9.17, 15) is 9.18 Å². The van der Waals surface area contributed by atoms with Crippen LogP contribution in [-0.4, -0.2) is 43.2 Å². The highest BCUT2D eigenvalue weighted by Gasteiger charge is 2.17. The zero-order valence-electron chi connectivity index (χ0n) is 15.1. The molecule has 0 aliphatic carbocycles. The highest BCUT2D eigenvalue weighted by atomic mass is 35.5. The lowest BCUT2D eigenvalue weighted by Crippen LogP contribution is -2.35. The second-order valence-electron chi connectivity index (χ2n) is 6.41. The van der Waals surface area contributed by atoms with E-state index in [1.54, 1.807) is 6.92 Å². The summed E-state index contributed by atoms with van der Waals surface area (Å²) >= 11 is 5.93. The number of benzene rings is 2. The number of carbonyl (C=O) groups is 1. The molecule has 1 atom stereocenters. The molecule has 1 fully saturated rings. The minimum atomic E-state index is -0.777. The average molecular weight is 393 g/mol. The van der Waals surface area contributed by atoms with Crippen LogP contribution < -0.4 is 10.1 Å². The highest BCUT2D eigenvalue weighted by molar-refractivity contribution is 6.32. The molecule has 27 heavy (non-hydrogen) atoms. The minimum Gasteiger partial charge on any atom is -0.479 e. The molecule has 1 N–H and O–H groups in total. The smallest absolute Gasteiger partial charge is 0.265 e. The van der Waals surface area contributed by atoms with Gasteiger partial charge in [0.05, 0.1) is 18.2 Å². The number of anilines is 1. The maximum absolute atomic E-state index is 13.1. The summed E-state index contributed by atoms with van der Waals surface area (Å²) in [5.41, 5.74) is 1.86. The first-order valence-electron chi connectivity index (χ1n) is 8.83. The average Bonchev–Trinajstić information content (AvgIpc) is 2.66. The zero-order valence-corrected chi connectivity index (χ0v) is 15.8. The van der Waals surface area contributed by atoms with Gasteiger partial charge in [0, 0.05) is 25.3 Å². The van der Waals surface area contributed by atoms with Crippen LogP contribution in [0, 0.1) is 5.82 Å². The maximum Gasteiger partial charge on any atom is 0.265 e. The van der Waals surface area contributed by atoms with Crippen LogP contribution in [0.3, 0.4) is 0 Å². The van der Waals surface area contributed by atoms with Crippen LogP contribution >= 0.6 is 11.6 Å². The number of morpholine rings is 1. The first-order chi connectivity index (χ1) is 13.0. The van der Waals surface area contributed by atoms with Crippen molar-refractivity contribution in [2.24, 2.45) is 0 Å². The first kappa shape index (κ1) is 19.6. The third kappa shape index (κ3) is 5.66. The topological polar surface area (TPSA) is 50.8 Å². The van der Waals surface area contributed by atoms with Crippen LogP contribution in [0.5, 0.6) is 5.75 Å². The van der Waals surface area contributed by atoms with Gasteiger partial charge in [0.15, 0.2) is 6.10 Å². The molecule has 1 amide bonds. The maximum atomic E-state index is 13.1. The van der Waals surface area contributed by atoms with Crippen LogP contribution in [0.15, 0.2) is 42.5 Å². The van der Waals surface area contributed by atoms with Crippen LogP contribution in [0.1, 0.15) is 12.5 Å². The Bertz CT molecular complexity index is 779. The summed E-state index contributed by atoms with van der Waals surface area (Å²) in [7, 11) is 0. The summed E-state index contributed by atoms with van der Waals surface area (Å²) in [5.74, 6) is -0.500. The van der Waals surface area contributed by atoms with Gasteiger partial charge in [-0.15, -0.1) is 0 Å². The minimum absolute atomic E-state index is 0.127. The molecular formula is C20H22ClFN2O3. The molecule has 0 aromatic heterocycles. The Hall–Kier alpha value is -2.15. The summed E-state index contributed by atoms with van der Waals surface area (Å²) < 4.78 is 24.0. The Morgan fingerprint density at radius 1 is 1.26 bits per heavy atom. The number of nitrogens with one attached hydrogen (secondary N) is 1. The molecule has 1 heterocycles. The molecule has 1 aliphatic rings. The monoisotopic (exact) mass is 392 g/mol. The van der Waals surface area contributed by atoms with Gasteiger partial charge in [0.25, 0.3) is 5.91 Å². The highest BCUT2D eigenvalue weighted by Crippen LogP contribution is 2.26. The van der Waals surface area contributed by atoms with Crippen LogP contribution in [0.4, 0.5) is 10.1 Å². The second kappa shape index (κ2) is 9.17. The van der Waals surface area contributed by atoms with Gasteiger partial charge < -0.3 is 14.8 Å². The van der Waals surface area contributed by atoms with Crippen molar-refractivity contribution in [1.29, 1.82) is 0 Å². The molecule has 2 aromatic rings. The Labute approximate surface area is 163 Å². The number of hydrogen-bond acceptors (Lipinski definition) is 4. The van der Waals surface area contributed by atoms with Gasteiger partial charge in [-0.05, 0) is 42.8 Å². The van der Waals surface area contributed by atoms with E-state index < -0.39 is 11.9 Å². The van der Waals surface area contributed by atoms with Crippen molar-refractivity contribution in [2.75, 3.05) is 31.6 Å². The van der Waals surface area contributed by atoms with Crippen molar-refractivity contribution in [3.8, 4) is 5.75 Å². The van der Waals surface area contributed by atoms with E-state index >= 15 is 0 Å². The fraction of sp³-hybridized carbons (Fsp3) is 0.350. The van der Waals surface area contributed by atoms with Crippen molar-refractivity contribution in [2.45, 2.75) is 19.6 Å². The third-order valence-electron chi connectivity index (χ3n) is 4.30. The lowest BCUT2D eigenvalue weighted by Gasteiger charge is -2.26. The summed E-state index contributed by atoms with van der Waals surface area (Å²) in [5, 5.41) is 2.94. The van der Waals surface area contributed by atoms with E-state index in [0.29, 0.717) is 5.69 Å². The van der Waals surface area contributed by atoms with E-state index in [2.05, 4.69) is 10.2 Å². The van der Waals surface area contributed by atoms with Gasteiger partial charge in [-0.3, -0.25) is 9.69 Å². The summed E-state index contributed by atoms with van der Waals surface area (Å²) in [6.45, 7) is 5.87. The number of hydrogen-bond donors (Lipinski definition) is 1. The van der Waals surface area contributed by atoms with Gasteiger partial charge in [-0.2, -0.15) is 0 Å². The molecule has 0 spiro atoms. The van der Waals surface area contributed by atoms with Crippen molar-refractivity contribution in [3.05, 3.63) is 58.9 Å². The summed E-state index contributed by atoms with van der Waals surface area (Å²) in [6, 6.07) is 11.5. The lowest BCUT2D eigenvalue weighted by molar-refractivity contribution is -0.122. The van der Waals surface area contributed by atoms with E-state index in [4.69, 9.17) is 21.1 Å². The van der Waals surface area contributed by atoms with Crippen molar-refractivity contribution >= 4 is 23.2 Å². The molecule has 5 nitrogen and oxygen atoms in total. The number of amides is 1. The van der Waals surface area contributed by atoms with Crippen LogP contribution in [-0.2, 0) is 16.1 Å². The molecule has 0 radical (unpaired) electrons. The molecule has 1 aliphatic heterocycles. The third-order valence-corrected chi connectivity index (χ3v) is 4.59. The van der Waals surface area contributed by atoms with Crippen LogP contribution in [0.2, 0.25) is 5.02 Å². The predicted molar refractivity (Wildman–Crippen MR) is 103 cm³/mol. The van der Waals surface area contributed by atoms with E-state index in [-0.39, 0.29) is 16.7 Å². The standard InChI is InChI=1S/C20H22ClFN2O3/c1-14(27-19-7-4-16(22)12-18(19)21)20(25)23-17-5-2-15(3-6-17)13-24-8-10-26-11-9-24/h2-7,12,14H,8-11,13H2,1H3,(H,23,25). The predicted octanol–water partition coefficient (Wildman–Crippen LogP) is 3.72. The molecule has 3 rings (SSSR count). The van der Waals surface area contributed by atoms with E-state index in [0.717, 1.165) is 38.9 Å². The SMILES string of the molecule is CC(Oc1ccc(F)cc1Cl)C(=O)Nc1ccc(CN2CCOCC2)cc1. The molecule has 0 bridgehead atoms. The Balaban J connectivity index is 1.53. The van der Waals surface area contributed by atoms with Crippen LogP contribution in [0.25, 0.3) is 0 Å². The molecule has 0 saturated carbocycles.